The number of halogens is 1. The van der Waals surface area contributed by atoms with Crippen LogP contribution >= 0.6 is 0 Å². The van der Waals surface area contributed by atoms with Crippen molar-refractivity contribution in [3.05, 3.63) is 52.2 Å². The van der Waals surface area contributed by atoms with Crippen molar-refractivity contribution in [2.45, 2.75) is 32.7 Å². The second-order valence-electron chi connectivity index (χ2n) is 8.50. The first kappa shape index (κ1) is 20.1. The second-order valence-corrected chi connectivity index (χ2v) is 8.50. The molecule has 158 valence electrons. The zero-order valence-corrected chi connectivity index (χ0v) is 17.4. The van der Waals surface area contributed by atoms with Gasteiger partial charge in [0, 0.05) is 31.7 Å². The maximum absolute atomic E-state index is 13.5. The highest BCUT2D eigenvalue weighted by molar-refractivity contribution is 5.94. The van der Waals surface area contributed by atoms with E-state index >= 15 is 0 Å². The topological polar surface area (TPSA) is 87.1 Å². The average molecular weight is 412 g/mol. The van der Waals surface area contributed by atoms with Gasteiger partial charge in [-0.3, -0.25) is 14.6 Å². The normalized spacial score (nSPS) is 15.5. The number of hydrogen-bond acceptors (Lipinski definition) is 5. The first-order chi connectivity index (χ1) is 14.2. The fourth-order valence-electron chi connectivity index (χ4n) is 3.68. The molecule has 3 aromatic rings. The van der Waals surface area contributed by atoms with E-state index in [0.717, 1.165) is 0 Å². The number of nitrogens with one attached hydrogen (secondary N) is 1. The number of fused-ring (bicyclic) bond motifs is 1. The fourth-order valence-corrected chi connectivity index (χ4v) is 3.68. The average Bonchev–Trinajstić information content (AvgIpc) is 2.98. The lowest BCUT2D eigenvalue weighted by Gasteiger charge is -2.23. The Morgan fingerprint density at radius 2 is 1.97 bits per heavy atom. The molecule has 0 saturated carbocycles. The number of carbonyl (C=O) groups is 1. The number of amides is 1. The molecule has 1 fully saturated rings. The molecule has 3 heterocycles. The Morgan fingerprint density at radius 1 is 1.17 bits per heavy atom. The molecule has 8 nitrogen and oxygen atoms in total. The molecule has 4 rings (SSSR count). The monoisotopic (exact) mass is 412 g/mol. The summed E-state index contributed by atoms with van der Waals surface area (Å²) in [5.74, 6) is -0.152. The van der Waals surface area contributed by atoms with Crippen LogP contribution in [0.25, 0.3) is 11.0 Å². The first-order valence-electron chi connectivity index (χ1n) is 10.0. The largest absolute Gasteiger partial charge is 0.340 e. The molecule has 1 aliphatic rings. The maximum Gasteiger partial charge on any atom is 0.263 e. The summed E-state index contributed by atoms with van der Waals surface area (Å²) in [7, 11) is 0. The van der Waals surface area contributed by atoms with E-state index in [-0.39, 0.29) is 17.0 Å². The van der Waals surface area contributed by atoms with Gasteiger partial charge in [0.15, 0.2) is 5.65 Å². The molecular formula is C21H25FN6O2. The second kappa shape index (κ2) is 7.55. The molecule has 1 aliphatic heterocycles. The standard InChI is InChI=1S/C21H25FN6O2/c1-21(2,3)28-17-16(13-23-28)18(29)25-20(24-17)27-9-5-8-26(10-11-27)19(30)14-6-4-7-15(22)12-14/h4,6-7,12-13H,5,8-11H2,1-3H3,(H,24,25,29). The highest BCUT2D eigenvalue weighted by Gasteiger charge is 2.24. The molecule has 0 unspecified atom stereocenters. The Bertz CT molecular complexity index is 1150. The van der Waals surface area contributed by atoms with Gasteiger partial charge in [-0.2, -0.15) is 10.1 Å². The fraction of sp³-hybridized carbons (Fsp3) is 0.429. The van der Waals surface area contributed by atoms with E-state index in [4.69, 9.17) is 0 Å². The number of nitrogens with zero attached hydrogens (tertiary/aromatic N) is 5. The maximum atomic E-state index is 13.5. The van der Waals surface area contributed by atoms with Gasteiger partial charge < -0.3 is 9.80 Å². The highest BCUT2D eigenvalue weighted by atomic mass is 19.1. The molecule has 1 saturated heterocycles. The van der Waals surface area contributed by atoms with Gasteiger partial charge in [-0.25, -0.2) is 9.07 Å². The molecule has 0 aliphatic carbocycles. The summed E-state index contributed by atoms with van der Waals surface area (Å²) in [6, 6.07) is 5.73. The van der Waals surface area contributed by atoms with Crippen LogP contribution in [0.4, 0.5) is 10.3 Å². The number of anilines is 1. The number of hydrogen-bond donors (Lipinski definition) is 1. The third-order valence-corrected chi connectivity index (χ3v) is 5.22. The molecule has 1 amide bonds. The minimum Gasteiger partial charge on any atom is -0.340 e. The Labute approximate surface area is 173 Å². The van der Waals surface area contributed by atoms with Gasteiger partial charge in [0.2, 0.25) is 5.95 Å². The zero-order chi connectivity index (χ0) is 21.5. The Morgan fingerprint density at radius 3 is 2.70 bits per heavy atom. The van der Waals surface area contributed by atoms with Gasteiger partial charge in [0.05, 0.1) is 11.7 Å². The number of H-pyrrole nitrogens is 1. The van der Waals surface area contributed by atoms with Gasteiger partial charge in [0.1, 0.15) is 11.2 Å². The van der Waals surface area contributed by atoms with E-state index in [2.05, 4.69) is 15.1 Å². The molecular weight excluding hydrogens is 387 g/mol. The van der Waals surface area contributed by atoms with E-state index < -0.39 is 5.82 Å². The molecule has 0 radical (unpaired) electrons. The summed E-state index contributed by atoms with van der Waals surface area (Å²) < 4.78 is 15.2. The van der Waals surface area contributed by atoms with Crippen LogP contribution < -0.4 is 10.5 Å². The number of carbonyl (C=O) groups excluding carboxylic acids is 1. The number of aromatic amines is 1. The van der Waals surface area contributed by atoms with E-state index in [9.17, 15) is 14.0 Å². The van der Waals surface area contributed by atoms with Crippen molar-refractivity contribution in [3.8, 4) is 0 Å². The number of benzene rings is 1. The Balaban J connectivity index is 1.58. The van der Waals surface area contributed by atoms with Crippen LogP contribution in [0.2, 0.25) is 0 Å². The lowest BCUT2D eigenvalue weighted by atomic mass is 10.1. The molecule has 1 aromatic carbocycles. The van der Waals surface area contributed by atoms with Gasteiger partial charge in [-0.1, -0.05) is 6.07 Å². The van der Waals surface area contributed by atoms with E-state index in [1.165, 1.54) is 24.4 Å². The summed E-state index contributed by atoms with van der Waals surface area (Å²) >= 11 is 0. The van der Waals surface area contributed by atoms with Gasteiger partial charge in [-0.05, 0) is 45.4 Å². The van der Waals surface area contributed by atoms with Crippen LogP contribution in [0, 0.1) is 5.82 Å². The Kier molecular flexibility index (Phi) is 5.05. The summed E-state index contributed by atoms with van der Waals surface area (Å²) in [4.78, 5) is 36.6. The minimum absolute atomic E-state index is 0.195. The Hall–Kier alpha value is -3.23. The quantitative estimate of drug-likeness (QED) is 0.698. The lowest BCUT2D eigenvalue weighted by molar-refractivity contribution is 0.0766. The van der Waals surface area contributed by atoms with E-state index in [1.54, 1.807) is 15.6 Å². The summed E-state index contributed by atoms with van der Waals surface area (Å²) in [5, 5.41) is 4.79. The van der Waals surface area contributed by atoms with Crippen LogP contribution in [-0.2, 0) is 5.54 Å². The zero-order valence-electron chi connectivity index (χ0n) is 17.4. The SMILES string of the molecule is CC(C)(C)n1ncc2c(=O)[nH]c(N3CCCN(C(=O)c4cccc(F)c4)CC3)nc21. The van der Waals surface area contributed by atoms with Crippen LogP contribution in [0.1, 0.15) is 37.6 Å². The van der Waals surface area contributed by atoms with Crippen molar-refractivity contribution in [1.29, 1.82) is 0 Å². The number of rotatable bonds is 2. The van der Waals surface area contributed by atoms with Crippen molar-refractivity contribution in [2.75, 3.05) is 31.1 Å². The lowest BCUT2D eigenvalue weighted by Crippen LogP contribution is -2.36. The van der Waals surface area contributed by atoms with Crippen molar-refractivity contribution in [3.63, 3.8) is 0 Å². The van der Waals surface area contributed by atoms with Gasteiger partial charge in [0.25, 0.3) is 11.5 Å². The van der Waals surface area contributed by atoms with Crippen molar-refractivity contribution >= 4 is 22.9 Å². The highest BCUT2D eigenvalue weighted by Crippen LogP contribution is 2.20. The van der Waals surface area contributed by atoms with E-state index in [1.807, 2.05) is 25.7 Å². The smallest absolute Gasteiger partial charge is 0.263 e. The van der Waals surface area contributed by atoms with Crippen molar-refractivity contribution in [2.24, 2.45) is 0 Å². The molecule has 0 spiro atoms. The van der Waals surface area contributed by atoms with E-state index in [0.29, 0.717) is 55.1 Å². The first-order valence-corrected chi connectivity index (χ1v) is 10.0. The molecule has 30 heavy (non-hydrogen) atoms. The third kappa shape index (κ3) is 3.79. The predicted molar refractivity (Wildman–Crippen MR) is 112 cm³/mol. The molecule has 2 aromatic heterocycles. The third-order valence-electron chi connectivity index (χ3n) is 5.22. The molecule has 0 bridgehead atoms. The predicted octanol–water partition coefficient (Wildman–Crippen LogP) is 2.37. The molecule has 1 N–H and O–H groups in total. The summed E-state index contributed by atoms with van der Waals surface area (Å²) in [6.07, 6.45) is 2.25. The van der Waals surface area contributed by atoms with Crippen LogP contribution in [-0.4, -0.2) is 56.7 Å². The van der Waals surface area contributed by atoms with Gasteiger partial charge >= 0.3 is 0 Å². The van der Waals surface area contributed by atoms with Crippen LogP contribution in [0.3, 0.4) is 0 Å². The molecule has 0 atom stereocenters. The summed E-state index contributed by atoms with van der Waals surface area (Å²) in [6.45, 7) is 8.18. The number of aromatic nitrogens is 4. The van der Waals surface area contributed by atoms with Crippen LogP contribution in [0.5, 0.6) is 0 Å². The molecule has 9 heteroatoms. The van der Waals surface area contributed by atoms with Crippen LogP contribution in [0.15, 0.2) is 35.3 Å². The van der Waals surface area contributed by atoms with Gasteiger partial charge in [-0.15, -0.1) is 0 Å². The summed E-state index contributed by atoms with van der Waals surface area (Å²) in [5.41, 5.74) is 0.332. The minimum atomic E-state index is -0.428. The van der Waals surface area contributed by atoms with Crippen molar-refractivity contribution in [1.82, 2.24) is 24.6 Å². The van der Waals surface area contributed by atoms with Crippen molar-refractivity contribution < 1.29 is 9.18 Å².